The molecule has 0 fully saturated rings. The number of hydrogen-bond acceptors (Lipinski definition) is 2. The Bertz CT molecular complexity index is 269. The van der Waals surface area contributed by atoms with E-state index in [-0.39, 0.29) is 0 Å². The van der Waals surface area contributed by atoms with Gasteiger partial charge in [0.15, 0.2) is 0 Å². The molecule has 0 saturated carbocycles. The van der Waals surface area contributed by atoms with E-state index in [9.17, 15) is 0 Å². The first kappa shape index (κ1) is 16.6. The summed E-state index contributed by atoms with van der Waals surface area (Å²) < 4.78 is 5.64. The first-order chi connectivity index (χ1) is 9.43. The Hall–Kier alpha value is -0.500. The van der Waals surface area contributed by atoms with Crippen molar-refractivity contribution in [3.8, 4) is 5.75 Å². The molecule has 0 spiro atoms. The fraction of sp³-hybridized carbons (Fsp3) is 0.765. The number of thiophene rings is 1. The minimum Gasteiger partial charge on any atom is -0.493 e. The van der Waals surface area contributed by atoms with Gasteiger partial charge in [-0.1, -0.05) is 71.1 Å². The lowest BCUT2D eigenvalue weighted by molar-refractivity contribution is 0.305. The van der Waals surface area contributed by atoms with Crippen LogP contribution in [0, 0.1) is 0 Å². The standard InChI is InChI=1S/C17H30OS/c1-2-3-4-5-6-7-8-9-10-11-12-14-18-17-13-15-19-16-17/h13,15-16H,2-12,14H2,1H3. The third kappa shape index (κ3) is 10.0. The predicted molar refractivity (Wildman–Crippen MR) is 86.3 cm³/mol. The van der Waals surface area contributed by atoms with Gasteiger partial charge in [0.05, 0.1) is 6.61 Å². The van der Waals surface area contributed by atoms with Crippen molar-refractivity contribution in [1.29, 1.82) is 0 Å². The van der Waals surface area contributed by atoms with Crippen LogP contribution in [0.15, 0.2) is 16.8 Å². The largest absolute Gasteiger partial charge is 0.493 e. The first-order valence-corrected chi connectivity index (χ1v) is 9.02. The molecule has 1 aromatic rings. The van der Waals surface area contributed by atoms with Crippen LogP contribution in [0.2, 0.25) is 0 Å². The van der Waals surface area contributed by atoms with E-state index < -0.39 is 0 Å². The highest BCUT2D eigenvalue weighted by Gasteiger charge is 1.95. The first-order valence-electron chi connectivity index (χ1n) is 8.08. The zero-order chi connectivity index (χ0) is 13.6. The fourth-order valence-electron chi connectivity index (χ4n) is 2.29. The smallest absolute Gasteiger partial charge is 0.129 e. The molecule has 0 aromatic carbocycles. The van der Waals surface area contributed by atoms with Crippen molar-refractivity contribution in [3.63, 3.8) is 0 Å². The summed E-state index contributed by atoms with van der Waals surface area (Å²) in [4.78, 5) is 0. The molecule has 1 nitrogen and oxygen atoms in total. The van der Waals surface area contributed by atoms with Gasteiger partial charge in [-0.15, -0.1) is 11.3 Å². The molecule has 0 atom stereocenters. The van der Waals surface area contributed by atoms with Crippen LogP contribution in [0.25, 0.3) is 0 Å². The summed E-state index contributed by atoms with van der Waals surface area (Å²) in [5.74, 6) is 1.04. The van der Waals surface area contributed by atoms with E-state index in [1.807, 2.05) is 6.07 Å². The van der Waals surface area contributed by atoms with Crippen LogP contribution in [0.5, 0.6) is 5.75 Å². The third-order valence-corrected chi connectivity index (χ3v) is 4.17. The molecular weight excluding hydrogens is 252 g/mol. The van der Waals surface area contributed by atoms with Crippen molar-refractivity contribution in [2.24, 2.45) is 0 Å². The molecule has 0 saturated heterocycles. The second kappa shape index (κ2) is 12.5. The van der Waals surface area contributed by atoms with Crippen LogP contribution in [0.4, 0.5) is 0 Å². The monoisotopic (exact) mass is 282 g/mol. The average molecular weight is 282 g/mol. The Labute approximate surface area is 123 Å². The summed E-state index contributed by atoms with van der Waals surface area (Å²) in [5, 5.41) is 4.13. The number of hydrogen-bond donors (Lipinski definition) is 0. The number of rotatable bonds is 13. The van der Waals surface area contributed by atoms with Crippen molar-refractivity contribution in [2.45, 2.75) is 77.6 Å². The Morgan fingerprint density at radius 1 is 0.842 bits per heavy atom. The van der Waals surface area contributed by atoms with Gasteiger partial charge in [0, 0.05) is 5.38 Å². The Kier molecular flexibility index (Phi) is 10.9. The Morgan fingerprint density at radius 3 is 1.95 bits per heavy atom. The van der Waals surface area contributed by atoms with Gasteiger partial charge in [-0.2, -0.15) is 0 Å². The van der Waals surface area contributed by atoms with Crippen molar-refractivity contribution in [1.82, 2.24) is 0 Å². The molecule has 0 bridgehead atoms. The van der Waals surface area contributed by atoms with E-state index >= 15 is 0 Å². The van der Waals surface area contributed by atoms with Crippen molar-refractivity contribution in [3.05, 3.63) is 16.8 Å². The summed E-state index contributed by atoms with van der Waals surface area (Å²) >= 11 is 1.70. The second-order valence-electron chi connectivity index (χ2n) is 5.34. The van der Waals surface area contributed by atoms with Gasteiger partial charge >= 0.3 is 0 Å². The van der Waals surface area contributed by atoms with Crippen molar-refractivity contribution >= 4 is 11.3 Å². The van der Waals surface area contributed by atoms with E-state index in [0.717, 1.165) is 12.4 Å². The van der Waals surface area contributed by atoms with Crippen LogP contribution in [0.1, 0.15) is 77.6 Å². The quantitative estimate of drug-likeness (QED) is 0.378. The van der Waals surface area contributed by atoms with Gasteiger partial charge in [0.2, 0.25) is 0 Å². The summed E-state index contributed by atoms with van der Waals surface area (Å²) in [5.41, 5.74) is 0. The lowest BCUT2D eigenvalue weighted by Gasteiger charge is -2.04. The normalized spacial score (nSPS) is 10.8. The number of ether oxygens (including phenoxy) is 1. The highest BCUT2D eigenvalue weighted by Crippen LogP contribution is 2.15. The van der Waals surface area contributed by atoms with Gasteiger partial charge in [0.1, 0.15) is 5.75 Å². The molecule has 1 rings (SSSR count). The molecular formula is C17H30OS. The fourth-order valence-corrected chi connectivity index (χ4v) is 2.86. The lowest BCUT2D eigenvalue weighted by atomic mass is 10.1. The minimum absolute atomic E-state index is 0.883. The van der Waals surface area contributed by atoms with Crippen LogP contribution in [-0.2, 0) is 0 Å². The molecule has 2 heteroatoms. The van der Waals surface area contributed by atoms with Gasteiger partial charge in [-0.3, -0.25) is 0 Å². The summed E-state index contributed by atoms with van der Waals surface area (Å²) in [6, 6.07) is 2.04. The van der Waals surface area contributed by atoms with E-state index in [1.54, 1.807) is 11.3 Å². The predicted octanol–water partition coefficient (Wildman–Crippen LogP) is 6.44. The molecule has 1 heterocycles. The average Bonchev–Trinajstić information content (AvgIpc) is 2.93. The summed E-state index contributed by atoms with van der Waals surface area (Å²) in [6.07, 6.45) is 15.3. The molecule has 0 aliphatic heterocycles. The van der Waals surface area contributed by atoms with Gasteiger partial charge < -0.3 is 4.74 Å². The zero-order valence-electron chi connectivity index (χ0n) is 12.5. The van der Waals surface area contributed by atoms with Crippen molar-refractivity contribution < 1.29 is 4.74 Å². The highest BCUT2D eigenvalue weighted by molar-refractivity contribution is 7.08. The van der Waals surface area contributed by atoms with Gasteiger partial charge in [-0.05, 0) is 17.9 Å². The van der Waals surface area contributed by atoms with E-state index in [4.69, 9.17) is 4.74 Å². The molecule has 110 valence electrons. The molecule has 0 amide bonds. The summed E-state index contributed by atoms with van der Waals surface area (Å²) in [6.45, 7) is 3.16. The summed E-state index contributed by atoms with van der Waals surface area (Å²) in [7, 11) is 0. The molecule has 0 unspecified atom stereocenters. The SMILES string of the molecule is CCCCCCCCCCCCCOc1ccsc1. The molecule has 0 aliphatic rings. The molecule has 0 N–H and O–H groups in total. The second-order valence-corrected chi connectivity index (χ2v) is 6.12. The molecule has 0 radical (unpaired) electrons. The minimum atomic E-state index is 0.883. The maximum atomic E-state index is 5.64. The van der Waals surface area contributed by atoms with Gasteiger partial charge in [0.25, 0.3) is 0 Å². The van der Waals surface area contributed by atoms with Crippen LogP contribution in [-0.4, -0.2) is 6.61 Å². The Morgan fingerprint density at radius 2 is 1.42 bits per heavy atom. The maximum Gasteiger partial charge on any atom is 0.129 e. The van der Waals surface area contributed by atoms with E-state index in [1.165, 1.54) is 70.6 Å². The lowest BCUT2D eigenvalue weighted by Crippen LogP contribution is -1.95. The van der Waals surface area contributed by atoms with E-state index in [2.05, 4.69) is 17.7 Å². The topological polar surface area (TPSA) is 9.23 Å². The van der Waals surface area contributed by atoms with Crippen molar-refractivity contribution in [2.75, 3.05) is 6.61 Å². The van der Waals surface area contributed by atoms with Crippen LogP contribution < -0.4 is 4.74 Å². The van der Waals surface area contributed by atoms with Gasteiger partial charge in [-0.25, -0.2) is 0 Å². The molecule has 0 aliphatic carbocycles. The molecule has 1 aromatic heterocycles. The van der Waals surface area contributed by atoms with Crippen LogP contribution in [0.3, 0.4) is 0 Å². The molecule has 19 heavy (non-hydrogen) atoms. The van der Waals surface area contributed by atoms with Crippen LogP contribution >= 0.6 is 11.3 Å². The Balaban J connectivity index is 1.72. The maximum absolute atomic E-state index is 5.64. The highest BCUT2D eigenvalue weighted by atomic mass is 32.1. The number of unbranched alkanes of at least 4 members (excludes halogenated alkanes) is 10. The third-order valence-electron chi connectivity index (χ3n) is 3.51. The zero-order valence-corrected chi connectivity index (χ0v) is 13.4. The van der Waals surface area contributed by atoms with E-state index in [0.29, 0.717) is 0 Å².